The van der Waals surface area contributed by atoms with Gasteiger partial charge in [-0.15, -0.1) is 0 Å². The molecule has 0 unspecified atom stereocenters. The SMILES string of the molecule is CN(Cc1cc(CN)ccc1F)C1CCCCC1. The van der Waals surface area contributed by atoms with Crippen LogP contribution in [0.25, 0.3) is 0 Å². The van der Waals surface area contributed by atoms with E-state index in [-0.39, 0.29) is 5.82 Å². The molecule has 1 aromatic rings. The topological polar surface area (TPSA) is 29.3 Å². The number of benzene rings is 1. The highest BCUT2D eigenvalue weighted by molar-refractivity contribution is 5.25. The van der Waals surface area contributed by atoms with Crippen LogP contribution in [-0.2, 0) is 13.1 Å². The zero-order valence-electron chi connectivity index (χ0n) is 11.2. The Balaban J connectivity index is 2.03. The summed E-state index contributed by atoms with van der Waals surface area (Å²) in [6, 6.07) is 5.81. The van der Waals surface area contributed by atoms with E-state index >= 15 is 0 Å². The van der Waals surface area contributed by atoms with Crippen molar-refractivity contribution in [3.63, 3.8) is 0 Å². The van der Waals surface area contributed by atoms with Gasteiger partial charge < -0.3 is 5.73 Å². The van der Waals surface area contributed by atoms with Crippen molar-refractivity contribution in [2.75, 3.05) is 7.05 Å². The first kappa shape index (κ1) is 13.5. The molecule has 2 nitrogen and oxygen atoms in total. The van der Waals surface area contributed by atoms with Gasteiger partial charge in [0.2, 0.25) is 0 Å². The standard InChI is InChI=1S/C15H23FN2/c1-18(14-5-3-2-4-6-14)11-13-9-12(10-17)7-8-15(13)16/h7-9,14H,2-6,10-11,17H2,1H3. The zero-order chi connectivity index (χ0) is 13.0. The molecule has 18 heavy (non-hydrogen) atoms. The lowest BCUT2D eigenvalue weighted by atomic mass is 9.94. The molecule has 3 heteroatoms. The highest BCUT2D eigenvalue weighted by Gasteiger charge is 2.18. The highest BCUT2D eigenvalue weighted by Crippen LogP contribution is 2.23. The lowest BCUT2D eigenvalue weighted by Gasteiger charge is -2.31. The Morgan fingerprint density at radius 2 is 2.00 bits per heavy atom. The number of hydrogen-bond acceptors (Lipinski definition) is 2. The Bertz CT molecular complexity index is 386. The molecule has 0 bridgehead atoms. The quantitative estimate of drug-likeness (QED) is 0.890. The van der Waals surface area contributed by atoms with Crippen molar-refractivity contribution in [3.8, 4) is 0 Å². The van der Waals surface area contributed by atoms with Crippen LogP contribution >= 0.6 is 0 Å². The van der Waals surface area contributed by atoms with Gasteiger partial charge >= 0.3 is 0 Å². The van der Waals surface area contributed by atoms with E-state index in [2.05, 4.69) is 11.9 Å². The predicted octanol–water partition coefficient (Wildman–Crippen LogP) is 3.05. The second kappa shape index (κ2) is 6.30. The summed E-state index contributed by atoms with van der Waals surface area (Å²) in [5.41, 5.74) is 7.38. The molecule has 1 aliphatic carbocycles. The summed E-state index contributed by atoms with van der Waals surface area (Å²) in [6.45, 7) is 1.16. The molecule has 0 aromatic heterocycles. The van der Waals surface area contributed by atoms with Crippen molar-refractivity contribution in [1.82, 2.24) is 4.90 Å². The van der Waals surface area contributed by atoms with E-state index in [1.165, 1.54) is 38.2 Å². The molecule has 1 fully saturated rings. The summed E-state index contributed by atoms with van der Waals surface area (Å²) in [4.78, 5) is 2.29. The first-order valence-electron chi connectivity index (χ1n) is 6.88. The van der Waals surface area contributed by atoms with Crippen molar-refractivity contribution in [3.05, 3.63) is 35.1 Å². The molecule has 1 aliphatic rings. The van der Waals surface area contributed by atoms with Crippen molar-refractivity contribution < 1.29 is 4.39 Å². The largest absolute Gasteiger partial charge is 0.326 e. The normalized spacial score (nSPS) is 17.3. The van der Waals surface area contributed by atoms with Gasteiger partial charge in [-0.3, -0.25) is 4.90 Å². The highest BCUT2D eigenvalue weighted by atomic mass is 19.1. The average molecular weight is 250 g/mol. The molecule has 0 aliphatic heterocycles. The minimum Gasteiger partial charge on any atom is -0.326 e. The molecule has 0 radical (unpaired) electrons. The van der Waals surface area contributed by atoms with E-state index in [0.29, 0.717) is 19.1 Å². The van der Waals surface area contributed by atoms with Crippen molar-refractivity contribution in [1.29, 1.82) is 0 Å². The molecule has 2 rings (SSSR count). The number of nitrogens with zero attached hydrogens (tertiary/aromatic N) is 1. The summed E-state index contributed by atoms with van der Waals surface area (Å²) < 4.78 is 13.8. The first-order chi connectivity index (χ1) is 8.70. The van der Waals surface area contributed by atoms with Gasteiger partial charge in [-0.05, 0) is 31.5 Å². The second-order valence-electron chi connectivity index (χ2n) is 5.34. The zero-order valence-corrected chi connectivity index (χ0v) is 11.2. The first-order valence-corrected chi connectivity index (χ1v) is 6.88. The van der Waals surface area contributed by atoms with E-state index in [1.54, 1.807) is 6.07 Å². The number of rotatable bonds is 4. The fraction of sp³-hybridized carbons (Fsp3) is 0.600. The maximum absolute atomic E-state index is 13.8. The van der Waals surface area contributed by atoms with Crippen LogP contribution < -0.4 is 5.73 Å². The van der Waals surface area contributed by atoms with Crippen LogP contribution in [0.5, 0.6) is 0 Å². The smallest absolute Gasteiger partial charge is 0.127 e. The van der Waals surface area contributed by atoms with Gasteiger partial charge in [0.05, 0.1) is 0 Å². The molecule has 1 aromatic carbocycles. The number of hydrogen-bond donors (Lipinski definition) is 1. The molecular weight excluding hydrogens is 227 g/mol. The van der Waals surface area contributed by atoms with Crippen LogP contribution in [0.2, 0.25) is 0 Å². The van der Waals surface area contributed by atoms with E-state index in [4.69, 9.17) is 5.73 Å². The average Bonchev–Trinajstić information content (AvgIpc) is 2.42. The van der Waals surface area contributed by atoms with E-state index in [0.717, 1.165) is 11.1 Å². The monoisotopic (exact) mass is 250 g/mol. The van der Waals surface area contributed by atoms with Gasteiger partial charge in [-0.25, -0.2) is 4.39 Å². The summed E-state index contributed by atoms with van der Waals surface area (Å²) >= 11 is 0. The molecule has 100 valence electrons. The van der Waals surface area contributed by atoms with Gasteiger partial charge in [0.15, 0.2) is 0 Å². The summed E-state index contributed by atoms with van der Waals surface area (Å²) in [7, 11) is 2.10. The van der Waals surface area contributed by atoms with Crippen LogP contribution in [-0.4, -0.2) is 18.0 Å². The molecule has 0 amide bonds. The summed E-state index contributed by atoms with van der Waals surface area (Å²) in [5.74, 6) is -0.116. The third-order valence-electron chi connectivity index (χ3n) is 3.96. The lowest BCUT2D eigenvalue weighted by Crippen LogP contribution is -2.33. The number of halogens is 1. The van der Waals surface area contributed by atoms with E-state index < -0.39 is 0 Å². The van der Waals surface area contributed by atoms with Gasteiger partial charge in [0.1, 0.15) is 5.82 Å². The number of nitrogens with two attached hydrogens (primary N) is 1. The van der Waals surface area contributed by atoms with Gasteiger partial charge in [-0.1, -0.05) is 31.4 Å². The third-order valence-corrected chi connectivity index (χ3v) is 3.96. The minimum absolute atomic E-state index is 0.116. The Morgan fingerprint density at radius 1 is 1.28 bits per heavy atom. The molecule has 0 heterocycles. The fourth-order valence-corrected chi connectivity index (χ4v) is 2.80. The van der Waals surface area contributed by atoms with E-state index in [9.17, 15) is 4.39 Å². The molecule has 0 atom stereocenters. The second-order valence-corrected chi connectivity index (χ2v) is 5.34. The Morgan fingerprint density at radius 3 is 2.67 bits per heavy atom. The summed E-state index contributed by atoms with van der Waals surface area (Å²) in [6.07, 6.45) is 6.45. The maximum Gasteiger partial charge on any atom is 0.127 e. The van der Waals surface area contributed by atoms with Crippen molar-refractivity contribution in [2.24, 2.45) is 5.73 Å². The molecule has 2 N–H and O–H groups in total. The van der Waals surface area contributed by atoms with Crippen LogP contribution in [0.1, 0.15) is 43.2 Å². The Kier molecular flexibility index (Phi) is 4.72. The van der Waals surface area contributed by atoms with Gasteiger partial charge in [0.25, 0.3) is 0 Å². The van der Waals surface area contributed by atoms with Crippen LogP contribution in [0.3, 0.4) is 0 Å². The van der Waals surface area contributed by atoms with Crippen LogP contribution in [0, 0.1) is 5.82 Å². The molecule has 0 saturated heterocycles. The fourth-order valence-electron chi connectivity index (χ4n) is 2.80. The van der Waals surface area contributed by atoms with Crippen LogP contribution in [0.15, 0.2) is 18.2 Å². The predicted molar refractivity (Wildman–Crippen MR) is 72.6 cm³/mol. The van der Waals surface area contributed by atoms with Gasteiger partial charge in [0, 0.05) is 24.7 Å². The van der Waals surface area contributed by atoms with Gasteiger partial charge in [-0.2, -0.15) is 0 Å². The molecular formula is C15H23FN2. The van der Waals surface area contributed by atoms with Crippen LogP contribution in [0.4, 0.5) is 4.39 Å². The van der Waals surface area contributed by atoms with E-state index in [1.807, 2.05) is 6.07 Å². The van der Waals surface area contributed by atoms with Crippen molar-refractivity contribution in [2.45, 2.75) is 51.2 Å². The summed E-state index contributed by atoms with van der Waals surface area (Å²) in [5, 5.41) is 0. The molecule has 1 saturated carbocycles. The lowest BCUT2D eigenvalue weighted by molar-refractivity contribution is 0.182. The minimum atomic E-state index is -0.116. The third kappa shape index (κ3) is 3.30. The Hall–Kier alpha value is -0.930. The Labute approximate surface area is 109 Å². The van der Waals surface area contributed by atoms with Crippen molar-refractivity contribution >= 4 is 0 Å². The molecule has 0 spiro atoms. The maximum atomic E-state index is 13.8.